The number of hydrogen-bond donors (Lipinski definition) is 0. The summed E-state index contributed by atoms with van der Waals surface area (Å²) in [7, 11) is -2.41. The third kappa shape index (κ3) is 3.79. The first-order valence-corrected chi connectivity index (χ1v) is 12.6. The highest BCUT2D eigenvalue weighted by Crippen LogP contribution is 2.38. The minimum Gasteiger partial charge on any atom is -0.462 e. The van der Waals surface area contributed by atoms with Crippen LogP contribution in [0.2, 0.25) is 6.04 Å². The van der Waals surface area contributed by atoms with Crippen molar-refractivity contribution < 1.29 is 9.53 Å². The van der Waals surface area contributed by atoms with E-state index in [-0.39, 0.29) is 17.5 Å². The van der Waals surface area contributed by atoms with Gasteiger partial charge in [0.2, 0.25) is 0 Å². The Hall–Kier alpha value is -2.65. The molecule has 0 saturated carbocycles. The molecular formula is C26H28O2Si. The number of carbonyl (C=O) groups is 1. The summed E-state index contributed by atoms with van der Waals surface area (Å²) < 4.78 is 6.02. The second-order valence-electron chi connectivity index (χ2n) is 8.67. The van der Waals surface area contributed by atoms with Gasteiger partial charge >= 0.3 is 5.97 Å². The lowest BCUT2D eigenvalue weighted by Gasteiger charge is -2.43. The summed E-state index contributed by atoms with van der Waals surface area (Å²) in [6.45, 7) is 4.48. The van der Waals surface area contributed by atoms with Crippen LogP contribution in [0, 0.1) is 5.41 Å². The topological polar surface area (TPSA) is 26.3 Å². The maximum Gasteiger partial charge on any atom is 0.306 e. The summed E-state index contributed by atoms with van der Waals surface area (Å²) in [5, 5.41) is 4.07. The van der Waals surface area contributed by atoms with Gasteiger partial charge in [-0.2, -0.15) is 0 Å². The molecule has 1 saturated heterocycles. The Morgan fingerprint density at radius 2 is 1.21 bits per heavy atom. The van der Waals surface area contributed by atoms with Crippen LogP contribution in [0.4, 0.5) is 0 Å². The largest absolute Gasteiger partial charge is 0.462 e. The standard InChI is InChI=1S/C26H28O2Si/c1-26(2)19-18-25(27)28-24(26)20-29(21-12-6-3-7-13-21,22-14-8-4-9-15-22)23-16-10-5-11-17-23/h3-17,24H,18-20H2,1-2H3/t24-/m0/s1. The molecule has 0 amide bonds. The molecule has 0 bridgehead atoms. The normalized spacial score (nSPS) is 18.8. The molecule has 4 rings (SSSR count). The van der Waals surface area contributed by atoms with Gasteiger partial charge in [0.05, 0.1) is 0 Å². The number of benzene rings is 3. The van der Waals surface area contributed by atoms with Crippen molar-refractivity contribution in [2.24, 2.45) is 5.41 Å². The van der Waals surface area contributed by atoms with Gasteiger partial charge in [0.25, 0.3) is 0 Å². The van der Waals surface area contributed by atoms with Crippen LogP contribution in [0.15, 0.2) is 91.0 Å². The van der Waals surface area contributed by atoms with Crippen molar-refractivity contribution in [3.8, 4) is 0 Å². The molecule has 2 nitrogen and oxygen atoms in total. The van der Waals surface area contributed by atoms with Gasteiger partial charge in [-0.1, -0.05) is 105 Å². The molecule has 0 aromatic heterocycles. The lowest BCUT2D eigenvalue weighted by Crippen LogP contribution is -2.69. The highest BCUT2D eigenvalue weighted by Gasteiger charge is 2.47. The first kappa shape index (κ1) is 19.7. The number of hydrogen-bond acceptors (Lipinski definition) is 2. The molecule has 148 valence electrons. The van der Waals surface area contributed by atoms with Crippen LogP contribution in [-0.4, -0.2) is 20.1 Å². The molecule has 1 aliphatic heterocycles. The summed E-state index contributed by atoms with van der Waals surface area (Å²) in [4.78, 5) is 12.2. The Balaban J connectivity index is 1.94. The first-order valence-electron chi connectivity index (χ1n) is 10.4. The van der Waals surface area contributed by atoms with Crippen molar-refractivity contribution in [3.05, 3.63) is 91.0 Å². The number of esters is 1. The van der Waals surface area contributed by atoms with E-state index in [9.17, 15) is 4.79 Å². The van der Waals surface area contributed by atoms with Crippen LogP contribution < -0.4 is 15.6 Å². The average molecular weight is 401 g/mol. The van der Waals surface area contributed by atoms with Crippen molar-refractivity contribution in [3.63, 3.8) is 0 Å². The SMILES string of the molecule is CC1(C)CCC(=O)O[C@H]1C[Si](c1ccccc1)(c1ccccc1)c1ccccc1. The Bertz CT molecular complexity index is 855. The van der Waals surface area contributed by atoms with Crippen LogP contribution >= 0.6 is 0 Å². The molecule has 0 aliphatic carbocycles. The van der Waals surface area contributed by atoms with E-state index in [1.807, 2.05) is 0 Å². The van der Waals surface area contributed by atoms with Gasteiger partial charge in [-0.3, -0.25) is 4.79 Å². The van der Waals surface area contributed by atoms with E-state index in [1.54, 1.807) is 0 Å². The molecule has 1 fully saturated rings. The van der Waals surface area contributed by atoms with Crippen LogP contribution in [0.5, 0.6) is 0 Å². The minimum atomic E-state index is -2.41. The van der Waals surface area contributed by atoms with E-state index in [2.05, 4.69) is 105 Å². The van der Waals surface area contributed by atoms with Crippen LogP contribution in [0.3, 0.4) is 0 Å². The Kier molecular flexibility index (Phi) is 5.42. The minimum absolute atomic E-state index is 0.0372. The Morgan fingerprint density at radius 3 is 1.62 bits per heavy atom. The van der Waals surface area contributed by atoms with Gasteiger partial charge in [-0.15, -0.1) is 0 Å². The molecule has 0 N–H and O–H groups in total. The molecule has 3 aromatic carbocycles. The molecule has 3 aromatic rings. The molecular weight excluding hydrogens is 372 g/mol. The molecule has 1 heterocycles. The molecule has 3 heteroatoms. The predicted molar refractivity (Wildman–Crippen MR) is 122 cm³/mol. The Morgan fingerprint density at radius 1 is 0.793 bits per heavy atom. The van der Waals surface area contributed by atoms with Gasteiger partial charge in [0.15, 0.2) is 8.07 Å². The molecule has 0 radical (unpaired) electrons. The summed E-state index contributed by atoms with van der Waals surface area (Å²) in [5.41, 5.74) is -0.0372. The van der Waals surface area contributed by atoms with Crippen LogP contribution in [0.25, 0.3) is 0 Å². The maximum atomic E-state index is 12.2. The fraction of sp³-hybridized carbons (Fsp3) is 0.269. The summed E-state index contributed by atoms with van der Waals surface area (Å²) in [5.74, 6) is -0.0635. The molecule has 1 atom stereocenters. The van der Waals surface area contributed by atoms with Crippen molar-refractivity contribution in [2.75, 3.05) is 0 Å². The highest BCUT2D eigenvalue weighted by molar-refractivity contribution is 7.11. The van der Waals surface area contributed by atoms with E-state index < -0.39 is 8.07 Å². The van der Waals surface area contributed by atoms with E-state index in [0.717, 1.165) is 12.5 Å². The molecule has 0 unspecified atom stereocenters. The van der Waals surface area contributed by atoms with Crippen LogP contribution in [0.1, 0.15) is 26.7 Å². The van der Waals surface area contributed by atoms with Gasteiger partial charge in [0, 0.05) is 11.8 Å². The summed E-state index contributed by atoms with van der Waals surface area (Å²) in [6, 6.07) is 33.3. The monoisotopic (exact) mass is 400 g/mol. The van der Waals surface area contributed by atoms with Crippen molar-refractivity contribution in [2.45, 2.75) is 38.8 Å². The Labute approximate surface area is 174 Å². The quantitative estimate of drug-likeness (QED) is 0.369. The second kappa shape index (κ2) is 8.00. The lowest BCUT2D eigenvalue weighted by molar-refractivity contribution is -0.162. The zero-order valence-electron chi connectivity index (χ0n) is 17.2. The molecule has 1 aliphatic rings. The second-order valence-corrected chi connectivity index (χ2v) is 12.6. The third-order valence-electron chi connectivity index (χ3n) is 6.41. The fourth-order valence-electron chi connectivity index (χ4n) is 4.58. The predicted octanol–water partition coefficient (Wildman–Crippen LogP) is 3.89. The number of cyclic esters (lactones) is 1. The molecule has 0 spiro atoms. The summed E-state index contributed by atoms with van der Waals surface area (Å²) >= 11 is 0. The van der Waals surface area contributed by atoms with E-state index in [0.29, 0.717) is 6.42 Å². The van der Waals surface area contributed by atoms with Crippen LogP contribution in [-0.2, 0) is 9.53 Å². The van der Waals surface area contributed by atoms with Gasteiger partial charge < -0.3 is 4.74 Å². The average Bonchev–Trinajstić information content (AvgIpc) is 2.76. The van der Waals surface area contributed by atoms with E-state index in [4.69, 9.17) is 4.74 Å². The first-order chi connectivity index (χ1) is 14.0. The third-order valence-corrected chi connectivity index (χ3v) is 11.4. The zero-order chi connectivity index (χ0) is 20.3. The van der Waals surface area contributed by atoms with Crippen molar-refractivity contribution in [1.82, 2.24) is 0 Å². The van der Waals surface area contributed by atoms with E-state index in [1.165, 1.54) is 15.6 Å². The maximum absolute atomic E-state index is 12.2. The van der Waals surface area contributed by atoms with Crippen molar-refractivity contribution >= 4 is 29.6 Å². The fourth-order valence-corrected chi connectivity index (χ4v) is 9.76. The van der Waals surface area contributed by atoms with Gasteiger partial charge in [-0.25, -0.2) is 0 Å². The van der Waals surface area contributed by atoms with Crippen molar-refractivity contribution in [1.29, 1.82) is 0 Å². The summed E-state index contributed by atoms with van der Waals surface area (Å²) in [6.07, 6.45) is 1.29. The number of rotatable bonds is 5. The number of carbonyl (C=O) groups excluding carboxylic acids is 1. The smallest absolute Gasteiger partial charge is 0.306 e. The molecule has 29 heavy (non-hydrogen) atoms. The van der Waals surface area contributed by atoms with Gasteiger partial charge in [-0.05, 0) is 28.0 Å². The number of ether oxygens (including phenoxy) is 1. The van der Waals surface area contributed by atoms with Gasteiger partial charge in [0.1, 0.15) is 6.10 Å². The lowest BCUT2D eigenvalue weighted by atomic mass is 9.81. The highest BCUT2D eigenvalue weighted by atomic mass is 28.3. The van der Waals surface area contributed by atoms with E-state index >= 15 is 0 Å². The zero-order valence-corrected chi connectivity index (χ0v) is 18.2.